The van der Waals surface area contributed by atoms with E-state index in [1.807, 2.05) is 0 Å². The minimum Gasteiger partial charge on any atom is -0.298 e. The van der Waals surface area contributed by atoms with Gasteiger partial charge in [-0.15, -0.1) is 0 Å². The molecular weight excluding hydrogens is 230 g/mol. The molecule has 0 saturated carbocycles. The van der Waals surface area contributed by atoms with Crippen LogP contribution in [0.25, 0.3) is 11.1 Å². The number of rotatable bonds is 1. The van der Waals surface area contributed by atoms with Crippen LogP contribution in [0, 0.1) is 6.92 Å². The van der Waals surface area contributed by atoms with Crippen molar-refractivity contribution in [2.24, 2.45) is 0 Å². The minimum atomic E-state index is 0.890. The highest BCUT2D eigenvalue weighted by Crippen LogP contribution is 2.38. The Bertz CT molecular complexity index is 633. The van der Waals surface area contributed by atoms with Crippen LogP contribution in [0.3, 0.4) is 0 Å². The third kappa shape index (κ3) is 1.98. The molecule has 0 heterocycles. The molecule has 0 unspecified atom stereocenters. The van der Waals surface area contributed by atoms with Crippen LogP contribution in [0.5, 0.6) is 0 Å². The SMILES string of the molecule is Cc1c([N+](C)(C)C)ccc2c1CCc1ccccc1-2. The largest absolute Gasteiger partial charge is 0.298 e. The zero-order chi connectivity index (χ0) is 13.6. The van der Waals surface area contributed by atoms with Crippen molar-refractivity contribution in [3.05, 3.63) is 53.1 Å². The van der Waals surface area contributed by atoms with Gasteiger partial charge in [0.2, 0.25) is 0 Å². The minimum absolute atomic E-state index is 0.890. The lowest BCUT2D eigenvalue weighted by Gasteiger charge is -2.29. The molecule has 0 saturated heterocycles. The highest BCUT2D eigenvalue weighted by molar-refractivity contribution is 5.77. The molecule has 1 aliphatic carbocycles. The molecule has 0 fully saturated rings. The second-order valence-corrected chi connectivity index (χ2v) is 6.41. The number of hydrogen-bond acceptors (Lipinski definition) is 0. The van der Waals surface area contributed by atoms with Gasteiger partial charge in [-0.3, -0.25) is 4.48 Å². The van der Waals surface area contributed by atoms with Crippen LogP contribution in [0.4, 0.5) is 5.69 Å². The molecular formula is C18H22N+. The van der Waals surface area contributed by atoms with E-state index in [-0.39, 0.29) is 0 Å². The monoisotopic (exact) mass is 252 g/mol. The van der Waals surface area contributed by atoms with E-state index in [0.29, 0.717) is 0 Å². The lowest BCUT2D eigenvalue weighted by atomic mass is 9.83. The van der Waals surface area contributed by atoms with Crippen molar-refractivity contribution in [2.45, 2.75) is 19.8 Å². The molecule has 98 valence electrons. The van der Waals surface area contributed by atoms with Crippen LogP contribution in [0.1, 0.15) is 16.7 Å². The predicted octanol–water partition coefficient (Wildman–Crippen LogP) is 3.96. The molecule has 1 nitrogen and oxygen atoms in total. The number of fused-ring (bicyclic) bond motifs is 3. The highest BCUT2D eigenvalue weighted by atomic mass is 15.3. The smallest absolute Gasteiger partial charge is 0.135 e. The fraction of sp³-hybridized carbons (Fsp3) is 0.333. The van der Waals surface area contributed by atoms with Crippen molar-refractivity contribution in [2.75, 3.05) is 21.1 Å². The maximum Gasteiger partial charge on any atom is 0.135 e. The van der Waals surface area contributed by atoms with Crippen molar-refractivity contribution in [1.29, 1.82) is 0 Å². The summed E-state index contributed by atoms with van der Waals surface area (Å²) >= 11 is 0. The normalized spacial score (nSPS) is 13.9. The molecule has 2 aromatic rings. The zero-order valence-corrected chi connectivity index (χ0v) is 12.3. The fourth-order valence-electron chi connectivity index (χ4n) is 3.31. The molecule has 19 heavy (non-hydrogen) atoms. The van der Waals surface area contributed by atoms with E-state index in [9.17, 15) is 0 Å². The molecule has 0 N–H and O–H groups in total. The van der Waals surface area contributed by atoms with Crippen molar-refractivity contribution in [1.82, 2.24) is 4.48 Å². The Morgan fingerprint density at radius 3 is 2.32 bits per heavy atom. The predicted molar refractivity (Wildman–Crippen MR) is 83.6 cm³/mol. The van der Waals surface area contributed by atoms with E-state index in [1.54, 1.807) is 5.56 Å². The van der Waals surface area contributed by atoms with Gasteiger partial charge >= 0.3 is 0 Å². The molecule has 0 radical (unpaired) electrons. The van der Waals surface area contributed by atoms with E-state index in [0.717, 1.165) is 4.48 Å². The Hall–Kier alpha value is -1.60. The van der Waals surface area contributed by atoms with Crippen LogP contribution in [-0.4, -0.2) is 21.1 Å². The molecule has 1 heteroatoms. The average molecular weight is 252 g/mol. The van der Waals surface area contributed by atoms with Crippen LogP contribution in [-0.2, 0) is 12.8 Å². The van der Waals surface area contributed by atoms with Crippen LogP contribution in [0.2, 0.25) is 0 Å². The molecule has 0 atom stereocenters. The Kier molecular flexibility index (Phi) is 2.75. The van der Waals surface area contributed by atoms with E-state index in [4.69, 9.17) is 0 Å². The summed E-state index contributed by atoms with van der Waals surface area (Å²) in [4.78, 5) is 0. The quantitative estimate of drug-likeness (QED) is 0.674. The van der Waals surface area contributed by atoms with Gasteiger partial charge in [0.05, 0.1) is 21.1 Å². The van der Waals surface area contributed by atoms with Crippen molar-refractivity contribution >= 4 is 5.69 Å². The van der Waals surface area contributed by atoms with Crippen molar-refractivity contribution < 1.29 is 0 Å². The number of aryl methyl sites for hydroxylation is 1. The van der Waals surface area contributed by atoms with Gasteiger partial charge in [-0.2, -0.15) is 0 Å². The first kappa shape index (κ1) is 12.4. The summed E-state index contributed by atoms with van der Waals surface area (Å²) in [5.41, 5.74) is 8.81. The number of nitrogens with zero attached hydrogens (tertiary/aromatic N) is 1. The summed E-state index contributed by atoms with van der Waals surface area (Å²) in [7, 11) is 6.72. The van der Waals surface area contributed by atoms with E-state index < -0.39 is 0 Å². The van der Waals surface area contributed by atoms with Crippen molar-refractivity contribution in [3.8, 4) is 11.1 Å². The topological polar surface area (TPSA) is 0 Å². The Balaban J connectivity index is 2.23. The maximum atomic E-state index is 2.32. The molecule has 0 spiro atoms. The van der Waals surface area contributed by atoms with Gasteiger partial charge in [-0.05, 0) is 54.2 Å². The van der Waals surface area contributed by atoms with E-state index in [1.165, 1.54) is 40.8 Å². The second kappa shape index (κ2) is 4.21. The zero-order valence-electron chi connectivity index (χ0n) is 12.3. The van der Waals surface area contributed by atoms with Gasteiger partial charge in [0, 0.05) is 5.56 Å². The molecule has 0 amide bonds. The van der Waals surface area contributed by atoms with Gasteiger partial charge in [0.25, 0.3) is 0 Å². The van der Waals surface area contributed by atoms with Gasteiger partial charge in [-0.25, -0.2) is 0 Å². The van der Waals surface area contributed by atoms with Crippen LogP contribution >= 0.6 is 0 Å². The first-order valence-electron chi connectivity index (χ1n) is 7.01. The lowest BCUT2D eigenvalue weighted by molar-refractivity contribution is 0.483. The Morgan fingerprint density at radius 2 is 1.58 bits per heavy atom. The summed E-state index contributed by atoms with van der Waals surface area (Å²) in [5, 5.41) is 0. The maximum absolute atomic E-state index is 2.32. The van der Waals surface area contributed by atoms with Gasteiger partial charge in [0.15, 0.2) is 0 Å². The summed E-state index contributed by atoms with van der Waals surface area (Å²) in [5.74, 6) is 0. The first-order chi connectivity index (χ1) is 8.98. The van der Waals surface area contributed by atoms with E-state index >= 15 is 0 Å². The standard InChI is InChI=1S/C18H22N/c1-13-15-10-9-14-7-5-6-8-16(14)17(15)11-12-18(13)19(2,3)4/h5-8,11-12H,9-10H2,1-4H3/q+1. The average Bonchev–Trinajstić information content (AvgIpc) is 2.37. The molecule has 3 rings (SSSR count). The van der Waals surface area contributed by atoms with Crippen LogP contribution < -0.4 is 4.48 Å². The molecule has 0 aliphatic heterocycles. The molecule has 1 aliphatic rings. The summed E-state index contributed by atoms with van der Waals surface area (Å²) < 4.78 is 0.890. The van der Waals surface area contributed by atoms with Gasteiger partial charge in [-0.1, -0.05) is 24.3 Å². The molecule has 0 aromatic heterocycles. The third-order valence-corrected chi connectivity index (χ3v) is 4.24. The number of benzene rings is 2. The number of quaternary nitrogens is 1. The third-order valence-electron chi connectivity index (χ3n) is 4.24. The highest BCUT2D eigenvalue weighted by Gasteiger charge is 2.23. The first-order valence-corrected chi connectivity index (χ1v) is 7.01. The summed E-state index contributed by atoms with van der Waals surface area (Å²) in [6.45, 7) is 2.28. The summed E-state index contributed by atoms with van der Waals surface area (Å²) in [6.07, 6.45) is 2.34. The van der Waals surface area contributed by atoms with Gasteiger partial charge < -0.3 is 0 Å². The Labute approximate surface area is 116 Å². The Morgan fingerprint density at radius 1 is 0.842 bits per heavy atom. The lowest BCUT2D eigenvalue weighted by Crippen LogP contribution is -2.35. The van der Waals surface area contributed by atoms with E-state index in [2.05, 4.69) is 64.5 Å². The number of hydrogen-bond donors (Lipinski definition) is 0. The van der Waals surface area contributed by atoms with Gasteiger partial charge in [0.1, 0.15) is 5.69 Å². The van der Waals surface area contributed by atoms with Crippen LogP contribution in [0.15, 0.2) is 36.4 Å². The fourth-order valence-corrected chi connectivity index (χ4v) is 3.31. The second-order valence-electron chi connectivity index (χ2n) is 6.41. The molecule has 2 aromatic carbocycles. The molecule has 0 bridgehead atoms. The van der Waals surface area contributed by atoms with Crippen molar-refractivity contribution in [3.63, 3.8) is 0 Å². The summed E-state index contributed by atoms with van der Waals surface area (Å²) in [6, 6.07) is 13.4.